The first kappa shape index (κ1) is 30.3. The number of anilines is 2. The Morgan fingerprint density at radius 1 is 0.930 bits per heavy atom. The smallest absolute Gasteiger partial charge is 0.378 e. The molecule has 224 valence electrons. The number of carbonyl (C=O) groups is 1. The molecule has 43 heavy (non-hydrogen) atoms. The number of carbonyl (C=O) groups excluding carboxylic acids is 1. The van der Waals surface area contributed by atoms with Crippen molar-refractivity contribution in [2.45, 2.75) is 30.2 Å². The van der Waals surface area contributed by atoms with Gasteiger partial charge in [0.15, 0.2) is 5.16 Å². The van der Waals surface area contributed by atoms with E-state index in [1.165, 1.54) is 23.9 Å². The van der Waals surface area contributed by atoms with Crippen molar-refractivity contribution in [3.63, 3.8) is 0 Å². The number of aromatic nitrogens is 3. The minimum absolute atomic E-state index is 0.168. The van der Waals surface area contributed by atoms with Gasteiger partial charge in [-0.1, -0.05) is 36.0 Å². The summed E-state index contributed by atoms with van der Waals surface area (Å²) in [6.07, 6.45) is -2.68. The van der Waals surface area contributed by atoms with Crippen LogP contribution in [0.5, 0.6) is 0 Å². The molecule has 0 aliphatic carbocycles. The maximum Gasteiger partial charge on any atom is 0.416 e. The highest BCUT2D eigenvalue weighted by molar-refractivity contribution is 7.98. The average molecular weight is 609 g/mol. The zero-order valence-electron chi connectivity index (χ0n) is 23.6. The zero-order valence-corrected chi connectivity index (χ0v) is 24.4. The van der Waals surface area contributed by atoms with Gasteiger partial charge in [0.25, 0.3) is 5.91 Å². The maximum absolute atomic E-state index is 13.2. The van der Waals surface area contributed by atoms with Crippen LogP contribution in [0.25, 0.3) is 0 Å². The molecule has 4 aromatic rings. The van der Waals surface area contributed by atoms with E-state index in [1.807, 2.05) is 41.3 Å². The molecule has 5 rings (SSSR count). The average Bonchev–Trinajstić information content (AvgIpc) is 3.03. The van der Waals surface area contributed by atoms with E-state index in [2.05, 4.69) is 20.2 Å². The van der Waals surface area contributed by atoms with E-state index < -0.39 is 11.7 Å². The molecule has 8 nitrogen and oxygen atoms in total. The van der Waals surface area contributed by atoms with E-state index >= 15 is 0 Å². The van der Waals surface area contributed by atoms with Crippen molar-refractivity contribution < 1.29 is 22.7 Å². The number of hydrogen-bond acceptors (Lipinski definition) is 8. The highest BCUT2D eigenvalue weighted by atomic mass is 32.2. The second-order valence-corrected chi connectivity index (χ2v) is 10.9. The molecule has 1 amide bonds. The third-order valence-electron chi connectivity index (χ3n) is 6.92. The minimum Gasteiger partial charge on any atom is -0.378 e. The Kier molecular flexibility index (Phi) is 9.78. The van der Waals surface area contributed by atoms with E-state index in [0.29, 0.717) is 61.5 Å². The number of methoxy groups -OCH3 is 1. The number of hydrogen-bond donors (Lipinski definition) is 1. The molecule has 2 aromatic carbocycles. The first-order valence-electron chi connectivity index (χ1n) is 13.7. The Labute approximate surface area is 252 Å². The van der Waals surface area contributed by atoms with Crippen LogP contribution in [0.1, 0.15) is 32.9 Å². The van der Waals surface area contributed by atoms with Gasteiger partial charge in [-0.2, -0.15) is 13.2 Å². The second kappa shape index (κ2) is 13.9. The van der Waals surface area contributed by atoms with Gasteiger partial charge in [-0.3, -0.25) is 9.78 Å². The summed E-state index contributed by atoms with van der Waals surface area (Å²) in [5, 5.41) is 3.48. The summed E-state index contributed by atoms with van der Waals surface area (Å²) in [5.74, 6) is 1.20. The van der Waals surface area contributed by atoms with Crippen LogP contribution in [-0.2, 0) is 29.8 Å². The van der Waals surface area contributed by atoms with E-state index in [-0.39, 0.29) is 5.91 Å². The van der Waals surface area contributed by atoms with E-state index in [0.717, 1.165) is 28.8 Å². The van der Waals surface area contributed by atoms with Gasteiger partial charge in [-0.15, -0.1) is 0 Å². The third kappa shape index (κ3) is 8.23. The molecule has 1 fully saturated rings. The van der Waals surface area contributed by atoms with Crippen molar-refractivity contribution in [1.82, 2.24) is 20.3 Å². The van der Waals surface area contributed by atoms with E-state index in [4.69, 9.17) is 9.72 Å². The zero-order chi connectivity index (χ0) is 30.2. The molecular formula is C31H31F3N6O2S. The minimum atomic E-state index is -4.37. The lowest BCUT2D eigenvalue weighted by Crippen LogP contribution is -2.47. The third-order valence-corrected chi connectivity index (χ3v) is 7.84. The van der Waals surface area contributed by atoms with Crippen molar-refractivity contribution in [3.05, 3.63) is 107 Å². The number of piperazine rings is 1. The van der Waals surface area contributed by atoms with Gasteiger partial charge in [0.1, 0.15) is 5.82 Å². The number of ether oxygens (including phenoxy) is 1. The topological polar surface area (TPSA) is 83.5 Å². The highest BCUT2D eigenvalue weighted by Crippen LogP contribution is 2.32. The van der Waals surface area contributed by atoms with Crippen LogP contribution in [0, 0.1) is 0 Å². The standard InChI is InChI=1S/C31H31F3N6O2S/c1-42-20-26-18-28(40-15-13-39(14-16-40)27-7-4-5-24(17-27)31(32,33)34)38-30(37-26)43-21-22-8-10-23(11-9-22)29(41)36-19-25-6-2-3-12-35-25/h2-12,17-18H,13-16,19-21H2,1H3,(H,36,41). The summed E-state index contributed by atoms with van der Waals surface area (Å²) in [7, 11) is 1.61. The second-order valence-electron chi connectivity index (χ2n) is 9.94. The lowest BCUT2D eigenvalue weighted by molar-refractivity contribution is -0.137. The normalized spacial score (nSPS) is 13.7. The van der Waals surface area contributed by atoms with Gasteiger partial charge < -0.3 is 19.9 Å². The van der Waals surface area contributed by atoms with Crippen molar-refractivity contribution in [3.8, 4) is 0 Å². The number of alkyl halides is 3. The van der Waals surface area contributed by atoms with Gasteiger partial charge in [0.2, 0.25) is 0 Å². The summed E-state index contributed by atoms with van der Waals surface area (Å²) in [4.78, 5) is 30.2. The van der Waals surface area contributed by atoms with Crippen LogP contribution in [0.2, 0.25) is 0 Å². The molecule has 0 unspecified atom stereocenters. The summed E-state index contributed by atoms with van der Waals surface area (Å²) in [5.41, 5.74) is 3.03. The fourth-order valence-corrected chi connectivity index (χ4v) is 5.48. The summed E-state index contributed by atoms with van der Waals surface area (Å²) >= 11 is 1.48. The van der Waals surface area contributed by atoms with Gasteiger partial charge in [0, 0.05) is 62.6 Å². The van der Waals surface area contributed by atoms with Crippen LogP contribution in [0.15, 0.2) is 84.1 Å². The number of thioether (sulfide) groups is 1. The number of pyridine rings is 1. The lowest BCUT2D eigenvalue weighted by atomic mass is 10.1. The Morgan fingerprint density at radius 2 is 1.70 bits per heavy atom. The number of benzene rings is 2. The Morgan fingerprint density at radius 3 is 2.40 bits per heavy atom. The SMILES string of the molecule is COCc1cc(N2CCN(c3cccc(C(F)(F)F)c3)CC2)nc(SCc2ccc(C(=O)NCc3ccccn3)cc2)n1. The first-order chi connectivity index (χ1) is 20.8. The Balaban J connectivity index is 1.19. The Hall–Kier alpha value is -4.16. The van der Waals surface area contributed by atoms with Gasteiger partial charge in [0.05, 0.1) is 30.1 Å². The first-order valence-corrected chi connectivity index (χ1v) is 14.7. The van der Waals surface area contributed by atoms with Crippen LogP contribution in [-0.4, -0.2) is 54.1 Å². The van der Waals surface area contributed by atoms with Crippen molar-refractivity contribution in [1.29, 1.82) is 0 Å². The fourth-order valence-electron chi connectivity index (χ4n) is 4.66. The highest BCUT2D eigenvalue weighted by Gasteiger charge is 2.31. The lowest BCUT2D eigenvalue weighted by Gasteiger charge is -2.37. The molecule has 0 spiro atoms. The molecule has 0 saturated carbocycles. The maximum atomic E-state index is 13.2. The molecule has 3 heterocycles. The van der Waals surface area contributed by atoms with Gasteiger partial charge in [-0.05, 0) is 48.0 Å². The van der Waals surface area contributed by atoms with Crippen molar-refractivity contribution >= 4 is 29.2 Å². The number of rotatable bonds is 10. The summed E-state index contributed by atoms with van der Waals surface area (Å²) in [6.45, 7) is 3.02. The van der Waals surface area contributed by atoms with E-state index in [1.54, 1.807) is 31.5 Å². The van der Waals surface area contributed by atoms with Crippen LogP contribution in [0.3, 0.4) is 0 Å². The van der Waals surface area contributed by atoms with Gasteiger partial charge in [-0.25, -0.2) is 9.97 Å². The molecular weight excluding hydrogens is 577 g/mol. The number of nitrogens with zero attached hydrogens (tertiary/aromatic N) is 5. The molecule has 2 aromatic heterocycles. The molecule has 0 bridgehead atoms. The molecule has 1 aliphatic heterocycles. The molecule has 0 atom stereocenters. The monoisotopic (exact) mass is 608 g/mol. The molecule has 0 radical (unpaired) electrons. The fraction of sp³-hybridized carbons (Fsp3) is 0.290. The van der Waals surface area contributed by atoms with Crippen molar-refractivity contribution in [2.24, 2.45) is 0 Å². The number of halogens is 3. The van der Waals surface area contributed by atoms with Crippen LogP contribution in [0.4, 0.5) is 24.7 Å². The largest absolute Gasteiger partial charge is 0.416 e. The summed E-state index contributed by atoms with van der Waals surface area (Å²) in [6, 6.07) is 20.3. The van der Waals surface area contributed by atoms with Gasteiger partial charge >= 0.3 is 6.18 Å². The summed E-state index contributed by atoms with van der Waals surface area (Å²) < 4.78 is 44.9. The number of nitrogens with one attached hydrogen (secondary N) is 1. The molecule has 1 aliphatic rings. The van der Waals surface area contributed by atoms with Crippen molar-refractivity contribution in [2.75, 3.05) is 43.1 Å². The Bertz CT molecular complexity index is 1510. The van der Waals surface area contributed by atoms with Crippen LogP contribution < -0.4 is 15.1 Å². The molecule has 12 heteroatoms. The molecule has 1 N–H and O–H groups in total. The quantitative estimate of drug-likeness (QED) is 0.185. The predicted molar refractivity (Wildman–Crippen MR) is 160 cm³/mol. The number of amides is 1. The predicted octanol–water partition coefficient (Wildman–Crippen LogP) is 5.59. The van der Waals surface area contributed by atoms with Crippen LogP contribution >= 0.6 is 11.8 Å². The molecule has 1 saturated heterocycles. The van der Waals surface area contributed by atoms with E-state index in [9.17, 15) is 18.0 Å².